The Morgan fingerprint density at radius 3 is 2.58 bits per heavy atom. The predicted octanol–water partition coefficient (Wildman–Crippen LogP) is 3.92. The van der Waals surface area contributed by atoms with Gasteiger partial charge in [0.1, 0.15) is 0 Å². The van der Waals surface area contributed by atoms with Crippen LogP contribution < -0.4 is 10.2 Å². The molecule has 122 valence electrons. The summed E-state index contributed by atoms with van der Waals surface area (Å²) >= 11 is 7.36. The van der Waals surface area contributed by atoms with Crippen LogP contribution in [0.4, 0.5) is 11.4 Å². The van der Waals surface area contributed by atoms with Crippen LogP contribution in [0.25, 0.3) is 0 Å². The van der Waals surface area contributed by atoms with Gasteiger partial charge in [-0.1, -0.05) is 29.3 Å². The van der Waals surface area contributed by atoms with E-state index >= 15 is 0 Å². The number of nitrogens with one attached hydrogen (secondary N) is 1. The standard InChI is InChI=1S/C18H15ClN2O2S/c1-10-3-8-15-14(9-10)18(17(23)20-15)21(16(22)11(2)24-18)13-6-4-12(19)5-7-13/h3-9,11H,1-2H3,(H,20,23)/t11-,18-/m1/s1. The minimum atomic E-state index is -1.06. The lowest BCUT2D eigenvalue weighted by atomic mass is 10.0. The Bertz CT molecular complexity index is 868. The van der Waals surface area contributed by atoms with Crippen molar-refractivity contribution in [1.29, 1.82) is 0 Å². The molecule has 6 heteroatoms. The third-order valence-electron chi connectivity index (χ3n) is 4.41. The number of rotatable bonds is 1. The summed E-state index contributed by atoms with van der Waals surface area (Å²) in [7, 11) is 0. The molecule has 0 saturated carbocycles. The summed E-state index contributed by atoms with van der Waals surface area (Å²) in [5.41, 5.74) is 3.32. The number of anilines is 2. The van der Waals surface area contributed by atoms with Crippen molar-refractivity contribution < 1.29 is 9.59 Å². The van der Waals surface area contributed by atoms with Crippen LogP contribution in [0.15, 0.2) is 42.5 Å². The number of thioether (sulfide) groups is 1. The fourth-order valence-electron chi connectivity index (χ4n) is 3.31. The van der Waals surface area contributed by atoms with Gasteiger partial charge in [-0.15, -0.1) is 11.8 Å². The molecule has 2 aromatic rings. The number of carbonyl (C=O) groups is 2. The summed E-state index contributed by atoms with van der Waals surface area (Å²) in [4.78, 5) is 26.4. The zero-order valence-corrected chi connectivity index (χ0v) is 14.7. The van der Waals surface area contributed by atoms with Crippen molar-refractivity contribution in [2.75, 3.05) is 10.2 Å². The normalized spacial score (nSPS) is 25.3. The van der Waals surface area contributed by atoms with Crippen molar-refractivity contribution in [1.82, 2.24) is 0 Å². The molecule has 0 bridgehead atoms. The Labute approximate surface area is 149 Å². The Hall–Kier alpha value is -1.98. The van der Waals surface area contributed by atoms with Gasteiger partial charge in [-0.05, 0) is 44.2 Å². The number of fused-ring (bicyclic) bond motifs is 2. The number of aryl methyl sites for hydroxylation is 1. The van der Waals surface area contributed by atoms with Gasteiger partial charge in [-0.2, -0.15) is 0 Å². The SMILES string of the molecule is Cc1ccc2c(c1)[C@@]1(S[C@H](C)C(=O)N1c1ccc(Cl)cc1)C(=O)N2. The van der Waals surface area contributed by atoms with E-state index in [1.165, 1.54) is 11.8 Å². The molecule has 2 atom stereocenters. The molecule has 0 unspecified atom stereocenters. The van der Waals surface area contributed by atoms with Gasteiger partial charge in [0.2, 0.25) is 10.8 Å². The van der Waals surface area contributed by atoms with E-state index in [1.54, 1.807) is 29.2 Å². The van der Waals surface area contributed by atoms with Gasteiger partial charge in [0.25, 0.3) is 5.91 Å². The van der Waals surface area contributed by atoms with E-state index in [0.717, 1.165) is 16.8 Å². The topological polar surface area (TPSA) is 49.4 Å². The highest BCUT2D eigenvalue weighted by molar-refractivity contribution is 8.03. The molecule has 2 aromatic carbocycles. The monoisotopic (exact) mass is 358 g/mol. The van der Waals surface area contributed by atoms with Crippen LogP contribution in [0.3, 0.4) is 0 Å². The summed E-state index contributed by atoms with van der Waals surface area (Å²) in [6.07, 6.45) is 0. The van der Waals surface area contributed by atoms with Crippen LogP contribution in [-0.4, -0.2) is 17.1 Å². The highest BCUT2D eigenvalue weighted by atomic mass is 35.5. The molecule has 2 heterocycles. The lowest BCUT2D eigenvalue weighted by molar-refractivity contribution is -0.122. The Balaban J connectivity index is 1.95. The Kier molecular flexibility index (Phi) is 3.41. The number of carbonyl (C=O) groups excluding carboxylic acids is 2. The van der Waals surface area contributed by atoms with Gasteiger partial charge in [-0.3, -0.25) is 14.5 Å². The molecule has 2 aliphatic heterocycles. The van der Waals surface area contributed by atoms with Gasteiger partial charge < -0.3 is 5.32 Å². The van der Waals surface area contributed by atoms with E-state index in [-0.39, 0.29) is 17.1 Å². The molecule has 1 N–H and O–H groups in total. The molecular formula is C18H15ClN2O2S. The van der Waals surface area contributed by atoms with Crippen molar-refractivity contribution in [2.24, 2.45) is 0 Å². The molecule has 2 amide bonds. The summed E-state index contributed by atoms with van der Waals surface area (Å²) in [6, 6.07) is 12.9. The number of amides is 2. The maximum Gasteiger partial charge on any atom is 0.266 e. The molecule has 2 aliphatic rings. The molecule has 4 rings (SSSR count). The Morgan fingerprint density at radius 2 is 1.88 bits per heavy atom. The molecule has 0 aromatic heterocycles. The average molecular weight is 359 g/mol. The van der Waals surface area contributed by atoms with E-state index in [9.17, 15) is 9.59 Å². The van der Waals surface area contributed by atoms with E-state index in [2.05, 4.69) is 5.32 Å². The third kappa shape index (κ3) is 2.01. The second kappa shape index (κ2) is 5.26. The van der Waals surface area contributed by atoms with Gasteiger partial charge >= 0.3 is 0 Å². The maximum absolute atomic E-state index is 13.0. The molecular weight excluding hydrogens is 344 g/mol. The molecule has 0 radical (unpaired) electrons. The molecule has 4 nitrogen and oxygen atoms in total. The van der Waals surface area contributed by atoms with E-state index in [0.29, 0.717) is 10.7 Å². The first-order chi connectivity index (χ1) is 11.4. The zero-order valence-electron chi connectivity index (χ0n) is 13.2. The smallest absolute Gasteiger partial charge is 0.266 e. The number of hydrogen-bond donors (Lipinski definition) is 1. The number of benzene rings is 2. The minimum Gasteiger partial charge on any atom is -0.323 e. The fraction of sp³-hybridized carbons (Fsp3) is 0.222. The van der Waals surface area contributed by atoms with Gasteiger partial charge in [0.15, 0.2) is 0 Å². The third-order valence-corrected chi connectivity index (χ3v) is 6.15. The lowest BCUT2D eigenvalue weighted by Crippen LogP contribution is -2.47. The van der Waals surface area contributed by atoms with Crippen LogP contribution in [0.2, 0.25) is 5.02 Å². The number of hydrogen-bond acceptors (Lipinski definition) is 3. The molecule has 1 fully saturated rings. The van der Waals surface area contributed by atoms with Gasteiger partial charge in [0.05, 0.1) is 5.25 Å². The summed E-state index contributed by atoms with van der Waals surface area (Å²) in [5, 5.41) is 3.21. The highest BCUT2D eigenvalue weighted by Gasteiger charge is 2.60. The van der Waals surface area contributed by atoms with Crippen molar-refractivity contribution in [3.8, 4) is 0 Å². The molecule has 0 aliphatic carbocycles. The van der Waals surface area contributed by atoms with E-state index < -0.39 is 4.87 Å². The van der Waals surface area contributed by atoms with Crippen LogP contribution >= 0.6 is 23.4 Å². The van der Waals surface area contributed by atoms with Gasteiger partial charge in [0, 0.05) is 22.0 Å². The van der Waals surface area contributed by atoms with Crippen LogP contribution in [0, 0.1) is 6.92 Å². The van der Waals surface area contributed by atoms with E-state index in [1.807, 2.05) is 32.0 Å². The summed E-state index contributed by atoms with van der Waals surface area (Å²) < 4.78 is 0. The minimum absolute atomic E-state index is 0.0770. The first-order valence-electron chi connectivity index (χ1n) is 7.63. The highest BCUT2D eigenvalue weighted by Crippen LogP contribution is 2.56. The fourth-order valence-corrected chi connectivity index (χ4v) is 4.91. The zero-order chi connectivity index (χ0) is 17.1. The van der Waals surface area contributed by atoms with Crippen LogP contribution in [0.5, 0.6) is 0 Å². The van der Waals surface area contributed by atoms with E-state index in [4.69, 9.17) is 11.6 Å². The summed E-state index contributed by atoms with van der Waals surface area (Å²) in [5.74, 6) is -0.257. The van der Waals surface area contributed by atoms with Crippen molar-refractivity contribution in [2.45, 2.75) is 24.0 Å². The maximum atomic E-state index is 13.0. The summed E-state index contributed by atoms with van der Waals surface area (Å²) in [6.45, 7) is 3.82. The molecule has 1 spiro atoms. The largest absolute Gasteiger partial charge is 0.323 e. The Morgan fingerprint density at radius 1 is 1.17 bits per heavy atom. The van der Waals surface area contributed by atoms with Crippen molar-refractivity contribution in [3.05, 3.63) is 58.6 Å². The van der Waals surface area contributed by atoms with Crippen LogP contribution in [-0.2, 0) is 14.5 Å². The first-order valence-corrected chi connectivity index (χ1v) is 8.89. The van der Waals surface area contributed by atoms with Crippen molar-refractivity contribution >= 4 is 46.6 Å². The predicted molar refractivity (Wildman–Crippen MR) is 97.5 cm³/mol. The first kappa shape index (κ1) is 15.5. The number of halogens is 1. The quantitative estimate of drug-likeness (QED) is 0.840. The average Bonchev–Trinajstić information content (AvgIpc) is 2.97. The second-order valence-corrected chi connectivity index (χ2v) is 8.03. The molecule has 1 saturated heterocycles. The van der Waals surface area contributed by atoms with Gasteiger partial charge in [-0.25, -0.2) is 0 Å². The number of nitrogens with zero attached hydrogens (tertiary/aromatic N) is 1. The molecule has 24 heavy (non-hydrogen) atoms. The second-order valence-electron chi connectivity index (χ2n) is 6.06. The lowest BCUT2D eigenvalue weighted by Gasteiger charge is -2.32. The van der Waals surface area contributed by atoms with Crippen LogP contribution in [0.1, 0.15) is 18.1 Å². The van der Waals surface area contributed by atoms with Crippen molar-refractivity contribution in [3.63, 3.8) is 0 Å².